The molecule has 1 aromatic heterocycles. The topological polar surface area (TPSA) is 87.7 Å². The van der Waals surface area contributed by atoms with E-state index in [0.717, 1.165) is 31.7 Å². The summed E-state index contributed by atoms with van der Waals surface area (Å²) >= 11 is 3.20. The highest BCUT2D eigenvalue weighted by atomic mass is 32.2. The molecule has 8 heteroatoms. The third kappa shape index (κ3) is 3.87. The molecule has 27 heavy (non-hydrogen) atoms. The summed E-state index contributed by atoms with van der Waals surface area (Å²) in [5, 5.41) is 22.3. The van der Waals surface area contributed by atoms with Crippen molar-refractivity contribution in [2.24, 2.45) is 5.16 Å². The second-order valence-corrected chi connectivity index (χ2v) is 8.69. The minimum Gasteiger partial charge on any atom is -0.411 e. The van der Waals surface area contributed by atoms with Crippen molar-refractivity contribution in [1.29, 1.82) is 5.26 Å². The van der Waals surface area contributed by atoms with Crippen LogP contribution in [0.4, 0.5) is 0 Å². The van der Waals surface area contributed by atoms with Crippen molar-refractivity contribution >= 4 is 28.8 Å². The van der Waals surface area contributed by atoms with Gasteiger partial charge >= 0.3 is 0 Å². The van der Waals surface area contributed by atoms with Crippen molar-refractivity contribution in [2.75, 3.05) is 13.7 Å². The van der Waals surface area contributed by atoms with Gasteiger partial charge in [-0.15, -0.1) is 11.3 Å². The van der Waals surface area contributed by atoms with E-state index in [2.05, 4.69) is 16.2 Å². The van der Waals surface area contributed by atoms with Crippen molar-refractivity contribution in [3.63, 3.8) is 0 Å². The van der Waals surface area contributed by atoms with E-state index in [1.165, 1.54) is 0 Å². The summed E-state index contributed by atoms with van der Waals surface area (Å²) in [6.07, 6.45) is 2.87. The summed E-state index contributed by atoms with van der Waals surface area (Å²) in [7, 11) is 1.71. The zero-order valence-corrected chi connectivity index (χ0v) is 17.1. The number of nitriles is 1. The summed E-state index contributed by atoms with van der Waals surface area (Å²) < 4.78 is 12.6. The number of hydrogen-bond acceptors (Lipinski definition) is 8. The van der Waals surface area contributed by atoms with Crippen molar-refractivity contribution in [3.05, 3.63) is 40.5 Å². The molecular formula is C19H21N3O3S2. The van der Waals surface area contributed by atoms with Gasteiger partial charge in [0.25, 0.3) is 0 Å². The summed E-state index contributed by atoms with van der Waals surface area (Å²) in [6.45, 7) is 4.40. The number of ether oxygens (including phenoxy) is 2. The normalized spacial score (nSPS) is 22.7. The Morgan fingerprint density at radius 3 is 3.04 bits per heavy atom. The van der Waals surface area contributed by atoms with Crippen LogP contribution in [0.2, 0.25) is 0 Å². The first-order valence-corrected chi connectivity index (χ1v) is 10.2. The van der Waals surface area contributed by atoms with Crippen molar-refractivity contribution in [3.8, 4) is 6.07 Å². The standard InChI is InChI=1S/C19H21N3O3S2/c1-12(22-23)16-5-4-15(10-14(16)6-8-20)26-17-11-21-18(27-17)19(24-3)7-9-25-13(19)2/h4-5,10-11,13,23H,6-7,9H2,1-3H3/b22-12+. The van der Waals surface area contributed by atoms with E-state index in [9.17, 15) is 0 Å². The van der Waals surface area contributed by atoms with Gasteiger partial charge in [0.05, 0.1) is 41.3 Å². The van der Waals surface area contributed by atoms with Gasteiger partial charge in [0, 0.05) is 24.0 Å². The molecule has 0 saturated carbocycles. The monoisotopic (exact) mass is 403 g/mol. The molecule has 0 aliphatic carbocycles. The van der Waals surface area contributed by atoms with Crippen LogP contribution in [0, 0.1) is 11.3 Å². The Kier molecular flexibility index (Phi) is 6.17. The fraction of sp³-hybridized carbons (Fsp3) is 0.421. The van der Waals surface area contributed by atoms with Gasteiger partial charge in [-0.05, 0) is 31.5 Å². The molecule has 1 aliphatic heterocycles. The smallest absolute Gasteiger partial charge is 0.147 e. The molecule has 2 aromatic rings. The Hall–Kier alpha value is -1.92. The zero-order valence-electron chi connectivity index (χ0n) is 15.4. The Labute approximate surface area is 166 Å². The Morgan fingerprint density at radius 2 is 2.41 bits per heavy atom. The number of thiazole rings is 1. The van der Waals surface area contributed by atoms with Crippen LogP contribution in [0.15, 0.2) is 38.7 Å². The van der Waals surface area contributed by atoms with E-state index in [4.69, 9.17) is 19.9 Å². The number of methoxy groups -OCH3 is 1. The van der Waals surface area contributed by atoms with Crippen LogP contribution in [0.3, 0.4) is 0 Å². The molecule has 1 aromatic carbocycles. The molecule has 2 unspecified atom stereocenters. The largest absolute Gasteiger partial charge is 0.411 e. The summed E-state index contributed by atoms with van der Waals surface area (Å²) in [5.74, 6) is 0. The first-order valence-electron chi connectivity index (χ1n) is 8.54. The second-order valence-electron chi connectivity index (χ2n) is 6.28. The van der Waals surface area contributed by atoms with E-state index in [0.29, 0.717) is 12.3 Å². The SMILES string of the molecule is COC1(c2ncc(Sc3ccc(/C(C)=N/O)c(CC#N)c3)s2)CCOC1C. The van der Waals surface area contributed by atoms with E-state index >= 15 is 0 Å². The van der Waals surface area contributed by atoms with Crippen LogP contribution in [0.5, 0.6) is 0 Å². The predicted molar refractivity (Wildman–Crippen MR) is 105 cm³/mol. The van der Waals surface area contributed by atoms with Gasteiger partial charge in [-0.1, -0.05) is 23.0 Å². The molecule has 1 saturated heterocycles. The van der Waals surface area contributed by atoms with Crippen LogP contribution in [0.25, 0.3) is 0 Å². The molecule has 0 bridgehead atoms. The van der Waals surface area contributed by atoms with Gasteiger partial charge in [0.15, 0.2) is 0 Å². The summed E-state index contributed by atoms with van der Waals surface area (Å²) in [6, 6.07) is 7.98. The summed E-state index contributed by atoms with van der Waals surface area (Å²) in [5.41, 5.74) is 1.64. The molecule has 1 fully saturated rings. The fourth-order valence-corrected chi connectivity index (χ4v) is 5.54. The quantitative estimate of drug-likeness (QED) is 0.442. The van der Waals surface area contributed by atoms with Crippen LogP contribution >= 0.6 is 23.1 Å². The molecule has 1 aliphatic rings. The molecule has 0 amide bonds. The molecule has 1 N–H and O–H groups in total. The lowest BCUT2D eigenvalue weighted by Gasteiger charge is -2.28. The maximum Gasteiger partial charge on any atom is 0.147 e. The lowest BCUT2D eigenvalue weighted by molar-refractivity contribution is -0.0647. The van der Waals surface area contributed by atoms with Crippen LogP contribution in [-0.2, 0) is 21.5 Å². The highest BCUT2D eigenvalue weighted by Gasteiger charge is 2.46. The molecule has 6 nitrogen and oxygen atoms in total. The highest BCUT2D eigenvalue weighted by molar-refractivity contribution is 8.01. The average Bonchev–Trinajstić information content (AvgIpc) is 3.28. The first-order chi connectivity index (χ1) is 13.0. The first kappa shape index (κ1) is 19.8. The molecule has 3 rings (SSSR count). The van der Waals surface area contributed by atoms with E-state index in [-0.39, 0.29) is 12.5 Å². The maximum atomic E-state index is 9.09. The Balaban J connectivity index is 1.85. The average molecular weight is 404 g/mol. The van der Waals surface area contributed by atoms with Gasteiger partial charge in [-0.2, -0.15) is 5.26 Å². The third-order valence-corrected chi connectivity index (χ3v) is 7.06. The Bertz CT molecular complexity index is 891. The van der Waals surface area contributed by atoms with Gasteiger partial charge in [-0.25, -0.2) is 4.98 Å². The number of oxime groups is 1. The number of aromatic nitrogens is 1. The number of benzene rings is 1. The van der Waals surface area contributed by atoms with Crippen LogP contribution in [0.1, 0.15) is 36.4 Å². The highest BCUT2D eigenvalue weighted by Crippen LogP contribution is 2.43. The second kappa shape index (κ2) is 8.40. The van der Waals surface area contributed by atoms with Gasteiger partial charge < -0.3 is 14.7 Å². The van der Waals surface area contributed by atoms with Crippen molar-refractivity contribution in [2.45, 2.75) is 47.5 Å². The lowest BCUT2D eigenvalue weighted by Crippen LogP contribution is -2.35. The Morgan fingerprint density at radius 1 is 1.59 bits per heavy atom. The number of nitrogens with zero attached hydrogens (tertiary/aromatic N) is 3. The maximum absolute atomic E-state index is 9.09. The zero-order chi connectivity index (χ0) is 19.4. The number of rotatable bonds is 6. The minimum absolute atomic E-state index is 0.0336. The van der Waals surface area contributed by atoms with Crippen LogP contribution < -0.4 is 0 Å². The molecule has 142 valence electrons. The molecule has 2 heterocycles. The molecule has 0 radical (unpaired) electrons. The number of hydrogen-bond donors (Lipinski definition) is 1. The van der Waals surface area contributed by atoms with Crippen LogP contribution in [-0.4, -0.2) is 35.7 Å². The predicted octanol–water partition coefficient (Wildman–Crippen LogP) is 4.21. The van der Waals surface area contributed by atoms with E-state index in [1.54, 1.807) is 37.1 Å². The lowest BCUT2D eigenvalue weighted by atomic mass is 9.97. The van der Waals surface area contributed by atoms with E-state index in [1.807, 2.05) is 31.3 Å². The van der Waals surface area contributed by atoms with Crippen molar-refractivity contribution in [1.82, 2.24) is 4.98 Å². The van der Waals surface area contributed by atoms with Gasteiger partial charge in [0.2, 0.25) is 0 Å². The minimum atomic E-state index is -0.478. The molecule has 0 spiro atoms. The van der Waals surface area contributed by atoms with E-state index < -0.39 is 5.60 Å². The molecular weight excluding hydrogens is 382 g/mol. The fourth-order valence-electron chi connectivity index (χ4n) is 3.25. The van der Waals surface area contributed by atoms with Crippen molar-refractivity contribution < 1.29 is 14.7 Å². The van der Waals surface area contributed by atoms with Gasteiger partial charge in [0.1, 0.15) is 10.6 Å². The third-order valence-electron chi connectivity index (χ3n) is 4.81. The molecule has 2 atom stereocenters. The summed E-state index contributed by atoms with van der Waals surface area (Å²) in [4.78, 5) is 5.60. The van der Waals surface area contributed by atoms with Gasteiger partial charge in [-0.3, -0.25) is 0 Å².